The number of nitrogens with one attached hydrogen (secondary N) is 4. The zero-order valence-electron chi connectivity index (χ0n) is 30.2. The lowest BCUT2D eigenvalue weighted by molar-refractivity contribution is -0.135. The van der Waals surface area contributed by atoms with Crippen molar-refractivity contribution in [3.63, 3.8) is 0 Å². The Kier molecular flexibility index (Phi) is 12.8. The Bertz CT molecular complexity index is 1640. The zero-order chi connectivity index (χ0) is 36.5. The molecule has 6 rings (SSSR count). The average molecular weight is 702 g/mol. The van der Waals surface area contributed by atoms with Crippen LogP contribution in [0.3, 0.4) is 0 Å². The summed E-state index contributed by atoms with van der Waals surface area (Å²) in [5.74, 6) is 0.109. The van der Waals surface area contributed by atoms with Gasteiger partial charge in [-0.3, -0.25) is 19.2 Å². The van der Waals surface area contributed by atoms with Crippen LogP contribution in [-0.2, 0) is 43.3 Å². The van der Waals surface area contributed by atoms with Crippen molar-refractivity contribution >= 4 is 23.6 Å². The second-order valence-electron chi connectivity index (χ2n) is 14.3. The zero-order valence-corrected chi connectivity index (χ0v) is 30.2. The Balaban J connectivity index is 1.51. The summed E-state index contributed by atoms with van der Waals surface area (Å²) in [6.45, 7) is 10.4. The maximum atomic E-state index is 14.2. The van der Waals surface area contributed by atoms with Crippen LogP contribution in [0.5, 0.6) is 5.75 Å². The van der Waals surface area contributed by atoms with Crippen molar-refractivity contribution in [2.75, 3.05) is 13.2 Å². The Morgan fingerprint density at radius 1 is 0.980 bits per heavy atom. The van der Waals surface area contributed by atoms with E-state index in [1.165, 1.54) is 4.68 Å². The fraction of sp³-hybridized carbons (Fsp3) is 0.526. The van der Waals surface area contributed by atoms with Crippen molar-refractivity contribution in [3.8, 4) is 5.75 Å². The van der Waals surface area contributed by atoms with Gasteiger partial charge in [0.15, 0.2) is 5.82 Å². The molecule has 4 N–H and O–H groups in total. The van der Waals surface area contributed by atoms with Crippen molar-refractivity contribution in [2.24, 2.45) is 11.8 Å². The summed E-state index contributed by atoms with van der Waals surface area (Å²) in [5, 5.41) is 16.6. The van der Waals surface area contributed by atoms with Gasteiger partial charge in [0.25, 0.3) is 0 Å². The highest BCUT2D eigenvalue weighted by atomic mass is 16.5. The molecule has 0 saturated carbocycles. The highest BCUT2D eigenvalue weighted by Crippen LogP contribution is 2.22. The van der Waals surface area contributed by atoms with Crippen LogP contribution in [0.1, 0.15) is 75.8 Å². The highest BCUT2D eigenvalue weighted by molar-refractivity contribution is 5.93. The average Bonchev–Trinajstić information content (AvgIpc) is 3.76. The van der Waals surface area contributed by atoms with Gasteiger partial charge in [0.05, 0.1) is 12.1 Å². The molecule has 0 radical (unpaired) electrons. The smallest absolute Gasteiger partial charge is 0.249 e. The van der Waals surface area contributed by atoms with E-state index in [0.717, 1.165) is 17.5 Å². The lowest BCUT2D eigenvalue weighted by atomic mass is 10.00. The molecule has 4 amide bonds. The number of amides is 4. The van der Waals surface area contributed by atoms with Crippen LogP contribution >= 0.6 is 0 Å². The lowest BCUT2D eigenvalue weighted by Crippen LogP contribution is -2.56. The van der Waals surface area contributed by atoms with Gasteiger partial charge in [0.1, 0.15) is 42.9 Å². The van der Waals surface area contributed by atoms with Crippen LogP contribution in [0.15, 0.2) is 54.6 Å². The standard InChI is InChI=1S/C38H51N7O6/c1-23(2)18-28-22-51-29-15-13-27(14-16-29)20-30(42-38(49)32-12-9-17-50-32)36(47)41-31(19-26-10-7-6-8-11-26)37(48)43-34(24(3)4)35-39-25(5)44-45(35)21-33(46)40-28/h6-8,10-11,13-16,23-24,28,30-32,34H,9,12,17-22H2,1-5H3,(H,40,46)(H,41,47)(H,42,49)(H,43,48)/t28-,30+,31-,32+,34-/m0/s1. The Labute approximate surface area is 299 Å². The quantitative estimate of drug-likeness (QED) is 0.292. The molecule has 5 atom stereocenters. The topological polar surface area (TPSA) is 166 Å². The monoisotopic (exact) mass is 701 g/mol. The van der Waals surface area contributed by atoms with Crippen LogP contribution in [0.2, 0.25) is 0 Å². The minimum absolute atomic E-state index is 0.102. The number of benzene rings is 2. The molecule has 3 aliphatic rings. The van der Waals surface area contributed by atoms with Gasteiger partial charge in [-0.15, -0.1) is 0 Å². The summed E-state index contributed by atoms with van der Waals surface area (Å²) in [5.41, 5.74) is 1.63. The third-order valence-electron chi connectivity index (χ3n) is 9.05. The molecule has 4 heterocycles. The SMILES string of the molecule is Cc1nc2n(n1)CC(=O)N[C@@H](CC(C)C)COc1ccc(cc1)C[C@@H](NC(=O)[C@H]1CCCO1)C(=O)N[C@@H](Cc1ccccc1)C(=O)N[C@H]2C(C)C. The Morgan fingerprint density at radius 3 is 2.39 bits per heavy atom. The second-order valence-corrected chi connectivity index (χ2v) is 14.3. The molecule has 0 aliphatic carbocycles. The van der Waals surface area contributed by atoms with Crippen molar-refractivity contribution < 1.29 is 28.7 Å². The number of aromatic nitrogens is 3. The van der Waals surface area contributed by atoms with Gasteiger partial charge in [-0.05, 0) is 61.3 Å². The summed E-state index contributed by atoms with van der Waals surface area (Å²) < 4.78 is 13.3. The van der Waals surface area contributed by atoms with Crippen molar-refractivity contribution in [2.45, 2.75) is 104 Å². The van der Waals surface area contributed by atoms with Crippen molar-refractivity contribution in [1.82, 2.24) is 36.0 Å². The van der Waals surface area contributed by atoms with E-state index >= 15 is 0 Å². The first-order valence-corrected chi connectivity index (χ1v) is 17.9. The highest BCUT2D eigenvalue weighted by Gasteiger charge is 2.33. The van der Waals surface area contributed by atoms with Gasteiger partial charge >= 0.3 is 0 Å². The predicted octanol–water partition coefficient (Wildman–Crippen LogP) is 2.96. The van der Waals surface area contributed by atoms with E-state index in [0.29, 0.717) is 42.8 Å². The van der Waals surface area contributed by atoms with E-state index in [-0.39, 0.29) is 49.8 Å². The maximum Gasteiger partial charge on any atom is 0.249 e. The molecule has 274 valence electrons. The maximum absolute atomic E-state index is 14.2. The van der Waals surface area contributed by atoms with Crippen LogP contribution < -0.4 is 26.0 Å². The molecule has 1 fully saturated rings. The molecule has 0 spiro atoms. The molecular weight excluding hydrogens is 650 g/mol. The molecule has 3 aromatic rings. The Morgan fingerprint density at radius 2 is 1.73 bits per heavy atom. The molecular formula is C38H51N7O6. The molecule has 13 nitrogen and oxygen atoms in total. The minimum atomic E-state index is -0.998. The first-order valence-electron chi connectivity index (χ1n) is 17.9. The van der Waals surface area contributed by atoms with E-state index < -0.39 is 36.0 Å². The minimum Gasteiger partial charge on any atom is -0.491 e. The summed E-state index contributed by atoms with van der Waals surface area (Å²) in [6, 6.07) is 13.8. The van der Waals surface area contributed by atoms with Crippen LogP contribution in [0.4, 0.5) is 0 Å². The molecule has 1 aromatic heterocycles. The third-order valence-corrected chi connectivity index (χ3v) is 9.05. The van der Waals surface area contributed by atoms with Gasteiger partial charge in [-0.1, -0.05) is 70.2 Å². The summed E-state index contributed by atoms with van der Waals surface area (Å²) >= 11 is 0. The molecule has 13 heteroatoms. The van der Waals surface area contributed by atoms with Crippen LogP contribution in [0, 0.1) is 18.8 Å². The first kappa shape index (κ1) is 37.5. The number of ether oxygens (including phenoxy) is 2. The van der Waals surface area contributed by atoms with E-state index in [9.17, 15) is 19.2 Å². The fourth-order valence-electron chi connectivity index (χ4n) is 6.49. The summed E-state index contributed by atoms with van der Waals surface area (Å²) in [7, 11) is 0. The molecule has 0 unspecified atom stereocenters. The van der Waals surface area contributed by atoms with Gasteiger partial charge in [0.2, 0.25) is 23.6 Å². The van der Waals surface area contributed by atoms with Crippen LogP contribution in [-0.4, -0.2) is 75.8 Å². The van der Waals surface area contributed by atoms with Gasteiger partial charge < -0.3 is 30.7 Å². The van der Waals surface area contributed by atoms with Crippen LogP contribution in [0.25, 0.3) is 0 Å². The molecule has 1 saturated heterocycles. The van der Waals surface area contributed by atoms with E-state index in [1.54, 1.807) is 19.1 Å². The number of fused-ring (bicyclic) bond motifs is 14. The number of hydrogen-bond donors (Lipinski definition) is 4. The molecule has 3 aliphatic heterocycles. The number of hydrogen-bond acceptors (Lipinski definition) is 8. The predicted molar refractivity (Wildman–Crippen MR) is 190 cm³/mol. The second kappa shape index (κ2) is 17.4. The number of carbonyl (C=O) groups is 4. The molecule has 2 bridgehead atoms. The number of rotatable bonds is 7. The first-order chi connectivity index (χ1) is 24.4. The number of nitrogens with zero attached hydrogens (tertiary/aromatic N) is 3. The van der Waals surface area contributed by atoms with E-state index in [2.05, 4.69) is 45.2 Å². The van der Waals surface area contributed by atoms with E-state index in [1.807, 2.05) is 56.3 Å². The van der Waals surface area contributed by atoms with Crippen molar-refractivity contribution in [1.29, 1.82) is 0 Å². The number of carbonyl (C=O) groups excluding carboxylic acids is 4. The van der Waals surface area contributed by atoms with Gasteiger partial charge in [0, 0.05) is 19.4 Å². The van der Waals surface area contributed by atoms with E-state index in [4.69, 9.17) is 9.47 Å². The fourth-order valence-corrected chi connectivity index (χ4v) is 6.49. The Hall–Kier alpha value is -4.78. The van der Waals surface area contributed by atoms with Gasteiger partial charge in [-0.25, -0.2) is 9.67 Å². The molecule has 2 aromatic carbocycles. The number of aryl methyl sites for hydroxylation is 1. The third kappa shape index (κ3) is 10.6. The largest absolute Gasteiger partial charge is 0.491 e. The summed E-state index contributed by atoms with van der Waals surface area (Å²) in [4.78, 5) is 59.7. The summed E-state index contributed by atoms with van der Waals surface area (Å²) in [6.07, 6.45) is 1.78. The molecule has 51 heavy (non-hydrogen) atoms. The normalized spacial score (nSPS) is 23.6. The van der Waals surface area contributed by atoms with Crippen molar-refractivity contribution in [3.05, 3.63) is 77.4 Å². The van der Waals surface area contributed by atoms with Gasteiger partial charge in [-0.2, -0.15) is 5.10 Å². The lowest BCUT2D eigenvalue weighted by Gasteiger charge is -2.28.